The first-order valence-corrected chi connectivity index (χ1v) is 18.6. The van der Waals surface area contributed by atoms with Crippen LogP contribution in [0.5, 0.6) is 28.7 Å². The molecule has 53 heavy (non-hydrogen) atoms. The van der Waals surface area contributed by atoms with Crippen LogP contribution in [-0.4, -0.2) is 95.5 Å². The first kappa shape index (κ1) is 35.3. The topological polar surface area (TPSA) is 156 Å². The third kappa shape index (κ3) is 5.70. The van der Waals surface area contributed by atoms with Crippen molar-refractivity contribution in [1.82, 2.24) is 15.1 Å². The molecule has 3 aromatic rings. The van der Waals surface area contributed by atoms with E-state index in [1.807, 2.05) is 55.3 Å². The number of phenolic OH excluding ortho intramolecular Hbond substituents is 1. The maximum absolute atomic E-state index is 13.8. The molecule has 2 fully saturated rings. The molecule has 14 heteroatoms. The Morgan fingerprint density at radius 1 is 1.06 bits per heavy atom. The van der Waals surface area contributed by atoms with Gasteiger partial charge < -0.3 is 39.2 Å². The van der Waals surface area contributed by atoms with Crippen molar-refractivity contribution in [2.45, 2.75) is 68.9 Å². The van der Waals surface area contributed by atoms with Gasteiger partial charge in [0.1, 0.15) is 24.6 Å². The summed E-state index contributed by atoms with van der Waals surface area (Å²) in [6, 6.07) is 8.05. The molecule has 6 aliphatic rings. The van der Waals surface area contributed by atoms with Crippen LogP contribution in [0.15, 0.2) is 42.5 Å². The van der Waals surface area contributed by atoms with E-state index in [4.69, 9.17) is 23.7 Å². The monoisotopic (exact) mass is 743 g/mol. The number of carbonyl (C=O) groups is 3. The Labute approximate surface area is 310 Å². The molecule has 1 amide bonds. The SMILES string of the molecule is COc1c(C)cc2c(c1O)[C@@H]1C3[C@@H]4SC[C@H](NC(=O)/C=C/c5ccccc5)C(=O)OC[C@@H](c5c6c(c(C)c(OC(C)=O)c54)OCO6)N3[C@@H](O)[C@H](C2)N1C. The smallest absolute Gasteiger partial charge is 0.329 e. The number of aliphatic hydroxyl groups is 1. The number of esters is 2. The number of aliphatic hydroxyl groups excluding tert-OH is 1. The summed E-state index contributed by atoms with van der Waals surface area (Å²) in [6.07, 6.45) is 2.44. The van der Waals surface area contributed by atoms with Gasteiger partial charge in [-0.25, -0.2) is 4.79 Å². The number of aryl methyl sites for hydroxylation is 1. The standard InChI is InChI=1S/C39H41N3O10S/c1-18-13-22-14-24-38(46)42-25-15-49-39(47)23(40-26(44)12-11-21-9-7-6-8-10-21)16-53-37(31(42)30(41(24)4)27(22)32(45)33(18)48-5)29-28(25)36-35(50-17-51-36)19(2)34(29)52-20(3)43/h6-13,23-25,30-31,37-38,45-46H,14-17H2,1-5H3,(H,40,44)/b12-11+/t23-,24-,25-,30+,31?,37+,38-/m0/s1. The number of thioether (sulfide) groups is 1. The van der Waals surface area contributed by atoms with Gasteiger partial charge in [-0.05, 0) is 50.1 Å². The van der Waals surface area contributed by atoms with Crippen molar-refractivity contribution in [2.24, 2.45) is 0 Å². The van der Waals surface area contributed by atoms with Gasteiger partial charge >= 0.3 is 11.9 Å². The second kappa shape index (κ2) is 13.6. The largest absolute Gasteiger partial charge is 0.504 e. The summed E-state index contributed by atoms with van der Waals surface area (Å²) in [7, 11) is 3.45. The number of hydrogen-bond acceptors (Lipinski definition) is 13. The first-order chi connectivity index (χ1) is 25.5. The maximum Gasteiger partial charge on any atom is 0.329 e. The predicted octanol–water partition coefficient (Wildman–Crippen LogP) is 3.86. The van der Waals surface area contributed by atoms with Crippen LogP contribution in [0.25, 0.3) is 6.08 Å². The van der Waals surface area contributed by atoms with Gasteiger partial charge in [-0.15, -0.1) is 11.8 Å². The van der Waals surface area contributed by atoms with E-state index in [9.17, 15) is 24.6 Å². The Morgan fingerprint density at radius 3 is 2.55 bits per heavy atom. The fourth-order valence-corrected chi connectivity index (χ4v) is 10.3. The third-order valence-corrected chi connectivity index (χ3v) is 12.4. The summed E-state index contributed by atoms with van der Waals surface area (Å²) >= 11 is 1.37. The number of methoxy groups -OCH3 is 1. The first-order valence-electron chi connectivity index (χ1n) is 17.5. The minimum atomic E-state index is -1.05. The van der Waals surface area contributed by atoms with Crippen LogP contribution in [-0.2, 0) is 25.5 Å². The molecule has 6 heterocycles. The molecule has 0 spiro atoms. The average Bonchev–Trinajstić information content (AvgIpc) is 3.63. The maximum atomic E-state index is 13.8. The summed E-state index contributed by atoms with van der Waals surface area (Å²) in [5.74, 6) is -0.0115. The van der Waals surface area contributed by atoms with Gasteiger partial charge in [0.15, 0.2) is 23.0 Å². The van der Waals surface area contributed by atoms with Crippen molar-refractivity contribution in [2.75, 3.05) is 33.3 Å². The Bertz CT molecular complexity index is 2040. The lowest BCUT2D eigenvalue weighted by molar-refractivity contribution is -0.184. The quantitative estimate of drug-likeness (QED) is 0.197. The molecule has 278 valence electrons. The fraction of sp³-hybridized carbons (Fsp3) is 0.410. The molecule has 0 radical (unpaired) electrons. The van der Waals surface area contributed by atoms with Crippen LogP contribution >= 0.6 is 11.8 Å². The normalized spacial score (nSPS) is 27.4. The van der Waals surface area contributed by atoms with Crippen molar-refractivity contribution in [1.29, 1.82) is 0 Å². The zero-order valence-electron chi connectivity index (χ0n) is 30.0. The Hall–Kier alpha value is -4.76. The number of amides is 1. The van der Waals surface area contributed by atoms with Gasteiger partial charge in [0.2, 0.25) is 12.7 Å². The number of aromatic hydroxyl groups is 1. The van der Waals surface area contributed by atoms with Crippen LogP contribution in [0.2, 0.25) is 0 Å². The molecule has 9 rings (SSSR count). The van der Waals surface area contributed by atoms with Gasteiger partial charge in [0, 0.05) is 47.0 Å². The van der Waals surface area contributed by atoms with E-state index in [2.05, 4.69) is 10.2 Å². The lowest BCUT2D eigenvalue weighted by Crippen LogP contribution is -2.69. The van der Waals surface area contributed by atoms with Crippen molar-refractivity contribution in [3.63, 3.8) is 0 Å². The number of ether oxygens (including phenoxy) is 5. The van der Waals surface area contributed by atoms with E-state index in [1.165, 1.54) is 31.9 Å². The number of benzene rings is 3. The van der Waals surface area contributed by atoms with Gasteiger partial charge in [-0.1, -0.05) is 36.4 Å². The summed E-state index contributed by atoms with van der Waals surface area (Å²) in [4.78, 5) is 43.8. The van der Waals surface area contributed by atoms with Crippen molar-refractivity contribution in [3.05, 3.63) is 81.4 Å². The number of likely N-dealkylation sites (N-methyl/N-ethyl adjacent to an activating group) is 1. The Kier molecular flexibility index (Phi) is 9.04. The van der Waals surface area contributed by atoms with Gasteiger partial charge in [0.25, 0.3) is 0 Å². The van der Waals surface area contributed by atoms with Gasteiger partial charge in [-0.2, -0.15) is 0 Å². The highest BCUT2D eigenvalue weighted by Crippen LogP contribution is 2.63. The van der Waals surface area contributed by atoms with Gasteiger partial charge in [0.05, 0.1) is 30.5 Å². The van der Waals surface area contributed by atoms with Crippen LogP contribution in [0.3, 0.4) is 0 Å². The highest BCUT2D eigenvalue weighted by atomic mass is 32.2. The molecule has 0 aromatic heterocycles. The number of carbonyl (C=O) groups excluding carboxylic acids is 3. The number of phenols is 1. The molecule has 2 saturated heterocycles. The Morgan fingerprint density at radius 2 is 1.81 bits per heavy atom. The average molecular weight is 744 g/mol. The molecular formula is C39H41N3O10S. The molecule has 3 N–H and O–H groups in total. The lowest BCUT2D eigenvalue weighted by Gasteiger charge is -2.62. The molecule has 6 aliphatic heterocycles. The van der Waals surface area contributed by atoms with E-state index in [0.29, 0.717) is 51.7 Å². The molecular weight excluding hydrogens is 703 g/mol. The van der Waals surface area contributed by atoms with Gasteiger partial charge in [-0.3, -0.25) is 19.4 Å². The number of rotatable bonds is 5. The van der Waals surface area contributed by atoms with E-state index in [1.54, 1.807) is 13.0 Å². The van der Waals surface area contributed by atoms with E-state index >= 15 is 0 Å². The number of hydrogen-bond donors (Lipinski definition) is 3. The summed E-state index contributed by atoms with van der Waals surface area (Å²) in [6.45, 7) is 4.72. The van der Waals surface area contributed by atoms with Crippen molar-refractivity contribution >= 4 is 35.7 Å². The number of nitrogens with zero attached hydrogens (tertiary/aromatic N) is 2. The van der Waals surface area contributed by atoms with E-state index in [0.717, 1.165) is 16.7 Å². The zero-order chi connectivity index (χ0) is 37.3. The van der Waals surface area contributed by atoms with Crippen molar-refractivity contribution in [3.8, 4) is 28.7 Å². The van der Waals surface area contributed by atoms with Crippen molar-refractivity contribution < 1.29 is 48.3 Å². The number of piperazine rings is 1. The summed E-state index contributed by atoms with van der Waals surface area (Å²) in [5, 5.41) is 26.5. The summed E-state index contributed by atoms with van der Waals surface area (Å²) in [5.41, 5.74) is 5.00. The molecule has 0 aliphatic carbocycles. The van der Waals surface area contributed by atoms with Crippen LogP contribution < -0.4 is 24.3 Å². The highest BCUT2D eigenvalue weighted by Gasteiger charge is 2.60. The minimum Gasteiger partial charge on any atom is -0.504 e. The lowest BCUT2D eigenvalue weighted by atomic mass is 9.73. The summed E-state index contributed by atoms with van der Waals surface area (Å²) < 4.78 is 29.8. The third-order valence-electron chi connectivity index (χ3n) is 11.0. The van der Waals surface area contributed by atoms with Crippen LogP contribution in [0.4, 0.5) is 0 Å². The van der Waals surface area contributed by atoms with E-state index in [-0.39, 0.29) is 24.9 Å². The predicted molar refractivity (Wildman–Crippen MR) is 194 cm³/mol. The number of fused-ring (bicyclic) bond motifs is 10. The van der Waals surface area contributed by atoms with Crippen LogP contribution in [0.1, 0.15) is 63.2 Å². The fourth-order valence-electron chi connectivity index (χ4n) is 8.83. The molecule has 0 saturated carbocycles. The molecule has 7 atom stereocenters. The van der Waals surface area contributed by atoms with Crippen LogP contribution in [0, 0.1) is 13.8 Å². The molecule has 13 nitrogen and oxygen atoms in total. The van der Waals surface area contributed by atoms with E-state index < -0.39 is 59.5 Å². The molecule has 4 bridgehead atoms. The Balaban J connectivity index is 1.30. The second-order valence-corrected chi connectivity index (χ2v) is 15.2. The highest BCUT2D eigenvalue weighted by molar-refractivity contribution is 7.99. The molecule has 3 aromatic carbocycles. The minimum absolute atomic E-state index is 0.0242. The second-order valence-electron chi connectivity index (χ2n) is 14.0. The zero-order valence-corrected chi connectivity index (χ0v) is 30.8. The number of nitrogens with one attached hydrogen (secondary N) is 1. The molecule has 1 unspecified atom stereocenters.